The molecular formula is C12H15F3N2O. The molecule has 1 aromatic rings. The van der Waals surface area contributed by atoms with Gasteiger partial charge in [-0.3, -0.25) is 0 Å². The maximum atomic E-state index is 12.2. The predicted octanol–water partition coefficient (Wildman–Crippen LogP) is 1.77. The van der Waals surface area contributed by atoms with Gasteiger partial charge in [0, 0.05) is 19.0 Å². The Morgan fingerprint density at radius 3 is 2.83 bits per heavy atom. The molecule has 6 heteroatoms. The molecule has 1 aliphatic rings. The Hall–Kier alpha value is -1.27. The van der Waals surface area contributed by atoms with Crippen LogP contribution in [0.5, 0.6) is 5.75 Å². The summed E-state index contributed by atoms with van der Waals surface area (Å²) in [5.41, 5.74) is 7.32. The molecule has 3 N–H and O–H groups in total. The van der Waals surface area contributed by atoms with Crippen molar-refractivity contribution in [3.63, 3.8) is 0 Å². The Kier molecular flexibility index (Phi) is 3.77. The zero-order valence-electron chi connectivity index (χ0n) is 9.76. The lowest BCUT2D eigenvalue weighted by molar-refractivity contribution is -0.126. The second-order valence-electron chi connectivity index (χ2n) is 4.25. The van der Waals surface area contributed by atoms with Gasteiger partial charge in [0.1, 0.15) is 5.75 Å². The van der Waals surface area contributed by atoms with Crippen LogP contribution < -0.4 is 15.8 Å². The molecule has 0 saturated heterocycles. The summed E-state index contributed by atoms with van der Waals surface area (Å²) in [4.78, 5) is 0. The summed E-state index contributed by atoms with van der Waals surface area (Å²) in [6, 6.07) is 4.92. The molecule has 0 amide bonds. The van der Waals surface area contributed by atoms with Gasteiger partial charge >= 0.3 is 6.18 Å². The Morgan fingerprint density at radius 1 is 1.39 bits per heavy atom. The lowest BCUT2D eigenvalue weighted by Gasteiger charge is -2.19. The molecule has 0 radical (unpaired) electrons. The van der Waals surface area contributed by atoms with E-state index < -0.39 is 18.8 Å². The van der Waals surface area contributed by atoms with E-state index in [9.17, 15) is 13.2 Å². The summed E-state index contributed by atoms with van der Waals surface area (Å²) in [6.07, 6.45) is -3.44. The molecule has 1 aromatic carbocycles. The third kappa shape index (κ3) is 3.14. The van der Waals surface area contributed by atoms with Crippen molar-refractivity contribution in [2.45, 2.75) is 18.6 Å². The summed E-state index contributed by atoms with van der Waals surface area (Å²) in [5.74, 6) is 0.811. The van der Waals surface area contributed by atoms with Crippen LogP contribution in [0.2, 0.25) is 0 Å². The lowest BCUT2D eigenvalue weighted by Crippen LogP contribution is -2.35. The van der Waals surface area contributed by atoms with Gasteiger partial charge in [0.05, 0.1) is 13.2 Å². The van der Waals surface area contributed by atoms with Crippen molar-refractivity contribution in [2.75, 3.05) is 19.7 Å². The topological polar surface area (TPSA) is 47.3 Å². The van der Waals surface area contributed by atoms with E-state index >= 15 is 0 Å². The molecule has 0 aromatic heterocycles. The normalized spacial score (nSPS) is 16.2. The first-order chi connectivity index (χ1) is 8.49. The van der Waals surface area contributed by atoms with Crippen molar-refractivity contribution in [3.8, 4) is 5.75 Å². The Morgan fingerprint density at radius 2 is 2.17 bits per heavy atom. The summed E-state index contributed by atoms with van der Waals surface area (Å²) in [5, 5.41) is 2.43. The highest BCUT2D eigenvalue weighted by Gasteiger charge is 2.28. The Bertz CT molecular complexity index is 420. The van der Waals surface area contributed by atoms with E-state index in [2.05, 4.69) is 5.32 Å². The molecule has 1 atom stereocenters. The molecule has 2 rings (SSSR count). The van der Waals surface area contributed by atoms with Crippen LogP contribution in [0.15, 0.2) is 18.2 Å². The molecule has 100 valence electrons. The van der Waals surface area contributed by atoms with E-state index in [0.29, 0.717) is 6.61 Å². The fourth-order valence-corrected chi connectivity index (χ4v) is 2.00. The first-order valence-electron chi connectivity index (χ1n) is 5.75. The fraction of sp³-hybridized carbons (Fsp3) is 0.500. The maximum absolute atomic E-state index is 12.2. The zero-order valence-corrected chi connectivity index (χ0v) is 9.76. The number of benzene rings is 1. The second-order valence-corrected chi connectivity index (χ2v) is 4.25. The van der Waals surface area contributed by atoms with E-state index in [4.69, 9.17) is 10.5 Å². The molecule has 1 heterocycles. The zero-order chi connectivity index (χ0) is 13.2. The SMILES string of the molecule is NCC(NCC(F)(F)F)c1ccc2c(c1)CCO2. The highest BCUT2D eigenvalue weighted by molar-refractivity contribution is 5.40. The van der Waals surface area contributed by atoms with E-state index in [0.717, 1.165) is 23.3 Å². The average molecular weight is 260 g/mol. The standard InChI is InChI=1S/C12H15F3N2O/c13-12(14,15)7-17-10(6-16)8-1-2-11-9(5-8)3-4-18-11/h1-2,5,10,17H,3-4,6-7,16H2. The molecular weight excluding hydrogens is 245 g/mol. The highest BCUT2D eigenvalue weighted by Crippen LogP contribution is 2.28. The van der Waals surface area contributed by atoms with E-state index in [1.54, 1.807) is 12.1 Å². The number of alkyl halides is 3. The minimum Gasteiger partial charge on any atom is -0.493 e. The van der Waals surface area contributed by atoms with Gasteiger partial charge in [0.15, 0.2) is 0 Å². The van der Waals surface area contributed by atoms with Gasteiger partial charge in [0.2, 0.25) is 0 Å². The number of nitrogens with one attached hydrogen (secondary N) is 1. The average Bonchev–Trinajstić information content (AvgIpc) is 2.75. The molecule has 0 saturated carbocycles. The van der Waals surface area contributed by atoms with Gasteiger partial charge in [-0.1, -0.05) is 12.1 Å². The number of hydrogen-bond donors (Lipinski definition) is 2. The summed E-state index contributed by atoms with van der Waals surface area (Å²) >= 11 is 0. The second kappa shape index (κ2) is 5.16. The molecule has 1 unspecified atom stereocenters. The van der Waals surface area contributed by atoms with Crippen LogP contribution in [0.4, 0.5) is 13.2 Å². The largest absolute Gasteiger partial charge is 0.493 e. The quantitative estimate of drug-likeness (QED) is 0.867. The molecule has 3 nitrogen and oxygen atoms in total. The Balaban J connectivity index is 2.08. The van der Waals surface area contributed by atoms with E-state index in [-0.39, 0.29) is 6.54 Å². The van der Waals surface area contributed by atoms with Gasteiger partial charge in [-0.25, -0.2) is 0 Å². The molecule has 1 aliphatic heterocycles. The van der Waals surface area contributed by atoms with Gasteiger partial charge in [0.25, 0.3) is 0 Å². The number of ether oxygens (including phenoxy) is 1. The highest BCUT2D eigenvalue weighted by atomic mass is 19.4. The van der Waals surface area contributed by atoms with Crippen molar-refractivity contribution in [1.82, 2.24) is 5.32 Å². The first-order valence-corrected chi connectivity index (χ1v) is 5.75. The van der Waals surface area contributed by atoms with E-state index in [1.165, 1.54) is 0 Å². The molecule has 0 aliphatic carbocycles. The minimum atomic E-state index is -4.23. The number of rotatable bonds is 4. The molecule has 0 bridgehead atoms. The predicted molar refractivity (Wildman–Crippen MR) is 61.5 cm³/mol. The van der Waals surface area contributed by atoms with Crippen molar-refractivity contribution in [1.29, 1.82) is 0 Å². The first kappa shape index (κ1) is 13.2. The van der Waals surface area contributed by atoms with Gasteiger partial charge < -0.3 is 15.8 Å². The van der Waals surface area contributed by atoms with E-state index in [1.807, 2.05) is 6.07 Å². The van der Waals surface area contributed by atoms with Crippen molar-refractivity contribution in [3.05, 3.63) is 29.3 Å². The van der Waals surface area contributed by atoms with Crippen LogP contribution in [0.25, 0.3) is 0 Å². The smallest absolute Gasteiger partial charge is 0.401 e. The number of halogens is 3. The molecule has 18 heavy (non-hydrogen) atoms. The van der Waals surface area contributed by atoms with Crippen LogP contribution in [0.1, 0.15) is 17.2 Å². The number of fused-ring (bicyclic) bond motifs is 1. The fourth-order valence-electron chi connectivity index (χ4n) is 2.00. The molecule has 0 spiro atoms. The van der Waals surface area contributed by atoms with Crippen LogP contribution in [0.3, 0.4) is 0 Å². The third-order valence-corrected chi connectivity index (χ3v) is 2.90. The monoisotopic (exact) mass is 260 g/mol. The van der Waals surface area contributed by atoms with Crippen LogP contribution in [-0.2, 0) is 6.42 Å². The van der Waals surface area contributed by atoms with Crippen LogP contribution in [0, 0.1) is 0 Å². The number of nitrogens with two attached hydrogens (primary N) is 1. The lowest BCUT2D eigenvalue weighted by atomic mass is 10.0. The van der Waals surface area contributed by atoms with Crippen molar-refractivity contribution < 1.29 is 17.9 Å². The van der Waals surface area contributed by atoms with Crippen molar-refractivity contribution >= 4 is 0 Å². The van der Waals surface area contributed by atoms with Gasteiger partial charge in [-0.2, -0.15) is 13.2 Å². The third-order valence-electron chi connectivity index (χ3n) is 2.90. The summed E-state index contributed by atoms with van der Waals surface area (Å²) < 4.78 is 41.8. The summed E-state index contributed by atoms with van der Waals surface area (Å²) in [7, 11) is 0. The van der Waals surface area contributed by atoms with Crippen LogP contribution in [-0.4, -0.2) is 25.9 Å². The van der Waals surface area contributed by atoms with Gasteiger partial charge in [-0.05, 0) is 17.2 Å². The Labute approximate surface area is 103 Å². The van der Waals surface area contributed by atoms with Crippen molar-refractivity contribution in [2.24, 2.45) is 5.73 Å². The van der Waals surface area contributed by atoms with Gasteiger partial charge in [-0.15, -0.1) is 0 Å². The maximum Gasteiger partial charge on any atom is 0.401 e. The number of hydrogen-bond acceptors (Lipinski definition) is 3. The summed E-state index contributed by atoms with van der Waals surface area (Å²) in [6.45, 7) is -0.291. The molecule has 0 fully saturated rings. The van der Waals surface area contributed by atoms with Crippen LogP contribution >= 0.6 is 0 Å². The minimum absolute atomic E-state index is 0.121.